The first kappa shape index (κ1) is 23.6. The Hall–Kier alpha value is -3.04. The second-order valence-electron chi connectivity index (χ2n) is 5.82. The first-order valence-corrected chi connectivity index (χ1v) is 11.5. The molecule has 0 saturated carbocycles. The molecular formula is C18H10N4O6S4. The molecule has 2 heterocycles. The second kappa shape index (κ2) is 9.22. The molecule has 0 saturated heterocycles. The third-order valence-electron chi connectivity index (χ3n) is 3.61. The Balaban J connectivity index is 2.33. The average molecular weight is 507 g/mol. The average Bonchev–Trinajstić information content (AvgIpc) is 3.29. The van der Waals surface area contributed by atoms with E-state index >= 15 is 0 Å². The monoisotopic (exact) mass is 506 g/mol. The lowest BCUT2D eigenvalue weighted by Crippen LogP contribution is -2.13. The molecule has 1 aromatic carbocycles. The molecule has 0 unspecified atom stereocenters. The van der Waals surface area contributed by atoms with Gasteiger partial charge in [0.05, 0.1) is 34.6 Å². The molecule has 0 aliphatic carbocycles. The van der Waals surface area contributed by atoms with E-state index in [1.54, 1.807) is 6.07 Å². The predicted molar refractivity (Wildman–Crippen MR) is 117 cm³/mol. The summed E-state index contributed by atoms with van der Waals surface area (Å²) in [4.78, 5) is 51.4. The van der Waals surface area contributed by atoms with Gasteiger partial charge in [-0.05, 0) is 0 Å². The predicted octanol–water partition coefficient (Wildman–Crippen LogP) is 2.73. The fourth-order valence-electron chi connectivity index (χ4n) is 2.48. The van der Waals surface area contributed by atoms with Crippen molar-refractivity contribution in [2.75, 3.05) is 0 Å². The van der Waals surface area contributed by atoms with Crippen molar-refractivity contribution in [3.8, 4) is 17.6 Å². The molecule has 4 N–H and O–H groups in total. The number of primary amides is 2. The zero-order valence-corrected chi connectivity index (χ0v) is 19.4. The Morgan fingerprint density at radius 3 is 1.53 bits per heavy atom. The Morgan fingerprint density at radius 2 is 1.25 bits per heavy atom. The molecule has 32 heavy (non-hydrogen) atoms. The summed E-state index contributed by atoms with van der Waals surface area (Å²) in [6.45, 7) is 9.61. The summed E-state index contributed by atoms with van der Waals surface area (Å²) in [5, 5.41) is 9.31. The van der Waals surface area contributed by atoms with Crippen molar-refractivity contribution in [2.45, 2.75) is 33.4 Å². The number of carbonyl (C=O) groups is 4. The molecule has 14 heteroatoms. The van der Waals surface area contributed by atoms with Crippen LogP contribution in [0.2, 0.25) is 0 Å². The molecule has 2 aliphatic rings. The molecule has 2 amide bonds. The van der Waals surface area contributed by atoms with Gasteiger partial charge in [0.15, 0.2) is 11.5 Å². The molecule has 162 valence electrons. The van der Waals surface area contributed by atoms with E-state index in [1.807, 2.05) is 0 Å². The van der Waals surface area contributed by atoms with Gasteiger partial charge in [-0.1, -0.05) is 47.0 Å². The molecule has 2 aliphatic heterocycles. The van der Waals surface area contributed by atoms with E-state index in [4.69, 9.17) is 27.5 Å². The minimum atomic E-state index is -0.942. The van der Waals surface area contributed by atoms with Gasteiger partial charge in [-0.3, -0.25) is 19.2 Å². The van der Waals surface area contributed by atoms with E-state index in [1.165, 1.54) is 13.8 Å². The van der Waals surface area contributed by atoms with Crippen LogP contribution in [0.25, 0.3) is 4.85 Å². The molecule has 0 bridgehead atoms. The first-order valence-electron chi connectivity index (χ1n) is 8.26. The van der Waals surface area contributed by atoms with Crippen LogP contribution in [0.3, 0.4) is 0 Å². The lowest BCUT2D eigenvalue weighted by Gasteiger charge is -2.15. The normalized spacial score (nSPS) is 13.4. The molecule has 0 fully saturated rings. The highest BCUT2D eigenvalue weighted by Crippen LogP contribution is 2.68. The smallest absolute Gasteiger partial charge is 0.308 e. The number of amides is 2. The Morgan fingerprint density at radius 1 is 0.844 bits per heavy atom. The van der Waals surface area contributed by atoms with E-state index < -0.39 is 23.8 Å². The largest absolute Gasteiger partial charge is 0.424 e. The lowest BCUT2D eigenvalue weighted by atomic mass is 10.3. The number of esters is 2. The maximum Gasteiger partial charge on any atom is 0.308 e. The number of hydrogen-bond donors (Lipinski definition) is 2. The van der Waals surface area contributed by atoms with Crippen LogP contribution >= 0.6 is 47.0 Å². The van der Waals surface area contributed by atoms with Crippen molar-refractivity contribution in [3.05, 3.63) is 31.2 Å². The van der Waals surface area contributed by atoms with Crippen LogP contribution in [0, 0.1) is 17.9 Å². The Labute approximate surface area is 197 Å². The topological polar surface area (TPSA) is 167 Å². The van der Waals surface area contributed by atoms with Crippen LogP contribution in [0.1, 0.15) is 13.8 Å². The number of carbonyl (C=O) groups excluding carboxylic acids is 4. The van der Waals surface area contributed by atoms with E-state index in [9.17, 15) is 24.4 Å². The maximum absolute atomic E-state index is 11.8. The minimum absolute atomic E-state index is 0.0777. The van der Waals surface area contributed by atoms with E-state index in [2.05, 4.69) is 4.85 Å². The number of ether oxygens (including phenoxy) is 2. The minimum Gasteiger partial charge on any atom is -0.424 e. The van der Waals surface area contributed by atoms with E-state index in [0.29, 0.717) is 19.6 Å². The molecule has 0 atom stereocenters. The van der Waals surface area contributed by atoms with Gasteiger partial charge in [-0.2, -0.15) is 5.26 Å². The van der Waals surface area contributed by atoms with Gasteiger partial charge in [0.2, 0.25) is 5.91 Å². The summed E-state index contributed by atoms with van der Waals surface area (Å²) in [6.07, 6.45) is 0. The van der Waals surface area contributed by atoms with Gasteiger partial charge in [0.25, 0.3) is 11.6 Å². The fraction of sp³-hybridized carbons (Fsp3) is 0.111. The van der Waals surface area contributed by atoms with E-state index in [0.717, 1.165) is 47.0 Å². The summed E-state index contributed by atoms with van der Waals surface area (Å²) in [6, 6.07) is 1.74. The molecule has 1 aromatic rings. The van der Waals surface area contributed by atoms with E-state index in [-0.39, 0.29) is 31.2 Å². The SMILES string of the molecule is [C-]#[N+]C(C(N)=O)=C1Sc2c(OC(C)=O)c3c(c(OC(C)=O)c2S1)SC(=C(C#N)C(N)=O)S3. The highest BCUT2D eigenvalue weighted by Gasteiger charge is 2.40. The third kappa shape index (κ3) is 4.31. The summed E-state index contributed by atoms with van der Waals surface area (Å²) in [7, 11) is 0. The fourth-order valence-corrected chi connectivity index (χ4v) is 7.85. The Bertz CT molecular complexity index is 1130. The molecule has 0 aromatic heterocycles. The number of hydrogen-bond acceptors (Lipinski definition) is 11. The van der Waals surface area contributed by atoms with Gasteiger partial charge < -0.3 is 20.9 Å². The van der Waals surface area contributed by atoms with Crippen LogP contribution in [0.15, 0.2) is 39.3 Å². The highest BCUT2D eigenvalue weighted by molar-refractivity contribution is 8.26. The number of nitriles is 1. The molecule has 0 radical (unpaired) electrons. The standard InChI is InChI=1S/C18H10N4O6S4/c1-5(23)27-9-11-12(30-17(29-11)7(4-19)15(20)25)10(28-6(2)24)14-13(9)31-18(32-14)8(22-3)16(21)26/h1-2H3,(H2,20,25)(H2,21,26). The first-order chi connectivity index (χ1) is 15.1. The van der Waals surface area contributed by atoms with Crippen molar-refractivity contribution in [1.29, 1.82) is 5.26 Å². The van der Waals surface area contributed by atoms with Crippen molar-refractivity contribution in [1.82, 2.24) is 0 Å². The quantitative estimate of drug-likeness (QED) is 0.202. The van der Waals surface area contributed by atoms with Gasteiger partial charge in [-0.15, -0.1) is 0 Å². The molecular weight excluding hydrogens is 496 g/mol. The van der Waals surface area contributed by atoms with Gasteiger partial charge in [0, 0.05) is 13.8 Å². The second-order valence-corrected chi connectivity index (χ2v) is 10.4. The van der Waals surface area contributed by atoms with Crippen molar-refractivity contribution in [2.24, 2.45) is 11.5 Å². The van der Waals surface area contributed by atoms with Gasteiger partial charge in [-0.25, -0.2) is 4.85 Å². The number of thioether (sulfide) groups is 4. The van der Waals surface area contributed by atoms with Crippen molar-refractivity contribution >= 4 is 70.8 Å². The van der Waals surface area contributed by atoms with Crippen LogP contribution in [-0.4, -0.2) is 23.8 Å². The zero-order valence-electron chi connectivity index (χ0n) is 16.1. The zero-order chi connectivity index (χ0) is 23.7. The van der Waals surface area contributed by atoms with Crippen molar-refractivity contribution in [3.63, 3.8) is 0 Å². The van der Waals surface area contributed by atoms with Crippen LogP contribution in [0.4, 0.5) is 0 Å². The van der Waals surface area contributed by atoms with Crippen LogP contribution < -0.4 is 20.9 Å². The van der Waals surface area contributed by atoms with Gasteiger partial charge >= 0.3 is 11.9 Å². The van der Waals surface area contributed by atoms with Crippen LogP contribution in [-0.2, 0) is 19.2 Å². The third-order valence-corrected chi connectivity index (χ3v) is 8.78. The number of benzene rings is 1. The summed E-state index contributed by atoms with van der Waals surface area (Å²) in [5.41, 5.74) is 9.96. The Kier molecular flexibility index (Phi) is 6.80. The number of rotatable bonds is 4. The highest BCUT2D eigenvalue weighted by atomic mass is 32.2. The summed E-state index contributed by atoms with van der Waals surface area (Å²) in [5.74, 6) is -3.04. The molecule has 0 spiro atoms. The number of nitrogens with zero attached hydrogens (tertiary/aromatic N) is 2. The molecule has 10 nitrogen and oxygen atoms in total. The lowest BCUT2D eigenvalue weighted by molar-refractivity contribution is -0.133. The van der Waals surface area contributed by atoms with Crippen LogP contribution in [0.5, 0.6) is 11.5 Å². The summed E-state index contributed by atoms with van der Waals surface area (Å²) < 4.78 is 11.3. The van der Waals surface area contributed by atoms with Gasteiger partial charge in [0.1, 0.15) is 11.6 Å². The number of nitrogens with two attached hydrogens (primary N) is 2. The molecule has 3 rings (SSSR count). The number of fused-ring (bicyclic) bond motifs is 2. The van der Waals surface area contributed by atoms with Crippen molar-refractivity contribution < 1.29 is 28.7 Å². The summed E-state index contributed by atoms with van der Waals surface area (Å²) >= 11 is 3.83. The maximum atomic E-state index is 11.8.